The molecule has 0 aliphatic heterocycles. The Morgan fingerprint density at radius 3 is 2.62 bits per heavy atom. The molecule has 0 aromatic rings. The van der Waals surface area contributed by atoms with Crippen LogP contribution < -0.4 is 0 Å². The normalized spacial score (nSPS) is 11.0. The van der Waals surface area contributed by atoms with E-state index in [9.17, 15) is 4.79 Å². The number of carboxylic acid groups (broad SMARTS) is 1. The summed E-state index contributed by atoms with van der Waals surface area (Å²) < 4.78 is 0. The third-order valence-electron chi connectivity index (χ3n) is 1.68. The lowest BCUT2D eigenvalue weighted by atomic mass is 10.1. The summed E-state index contributed by atoms with van der Waals surface area (Å²) in [5, 5.41) is 8.46. The largest absolute Gasteiger partial charge is 0.481 e. The minimum absolute atomic E-state index is 0.126. The van der Waals surface area contributed by atoms with Crippen LogP contribution in [0.15, 0.2) is 36.5 Å². The first-order valence-corrected chi connectivity index (χ1v) is 4.24. The van der Waals surface area contributed by atoms with Crippen molar-refractivity contribution >= 4 is 5.97 Å². The van der Waals surface area contributed by atoms with E-state index < -0.39 is 5.97 Å². The van der Waals surface area contributed by atoms with Crippen LogP contribution in [0.4, 0.5) is 0 Å². The summed E-state index contributed by atoms with van der Waals surface area (Å²) in [6.07, 6.45) is 5.47. The van der Waals surface area contributed by atoms with Crippen molar-refractivity contribution in [2.45, 2.75) is 26.2 Å². The highest BCUT2D eigenvalue weighted by molar-refractivity contribution is 5.69. The van der Waals surface area contributed by atoms with E-state index in [0.717, 1.165) is 24.0 Å². The van der Waals surface area contributed by atoms with Crippen LogP contribution in [0.2, 0.25) is 0 Å². The van der Waals surface area contributed by atoms with Crippen molar-refractivity contribution in [1.29, 1.82) is 0 Å². The molecule has 0 saturated carbocycles. The molecule has 0 aliphatic rings. The zero-order valence-electron chi connectivity index (χ0n) is 8.05. The quantitative estimate of drug-likeness (QED) is 0.504. The van der Waals surface area contributed by atoms with Gasteiger partial charge in [0.15, 0.2) is 0 Å². The van der Waals surface area contributed by atoms with Crippen molar-refractivity contribution in [3.63, 3.8) is 0 Å². The predicted molar refractivity (Wildman–Crippen MR) is 54.6 cm³/mol. The molecule has 13 heavy (non-hydrogen) atoms. The number of rotatable bonds is 6. The van der Waals surface area contributed by atoms with Crippen LogP contribution in [-0.4, -0.2) is 11.1 Å². The third-order valence-corrected chi connectivity index (χ3v) is 1.68. The maximum absolute atomic E-state index is 10.3. The number of hydrogen-bond donors (Lipinski definition) is 1. The Labute approximate surface area is 79.3 Å². The number of allylic oxidation sites excluding steroid dienone is 3. The highest BCUT2D eigenvalue weighted by atomic mass is 16.4. The van der Waals surface area contributed by atoms with Crippen LogP contribution in [-0.2, 0) is 4.79 Å². The predicted octanol–water partition coefficient (Wildman–Crippen LogP) is 2.93. The molecule has 0 spiro atoms. The molecule has 0 atom stereocenters. The molecule has 2 heteroatoms. The van der Waals surface area contributed by atoms with Gasteiger partial charge in [-0.05, 0) is 19.8 Å². The van der Waals surface area contributed by atoms with Gasteiger partial charge in [-0.1, -0.05) is 36.5 Å². The minimum Gasteiger partial charge on any atom is -0.481 e. The monoisotopic (exact) mass is 180 g/mol. The van der Waals surface area contributed by atoms with E-state index >= 15 is 0 Å². The number of carbonyl (C=O) groups is 1. The van der Waals surface area contributed by atoms with Gasteiger partial charge in [0.2, 0.25) is 0 Å². The molecule has 0 aliphatic carbocycles. The number of hydrogen-bond acceptors (Lipinski definition) is 1. The second kappa shape index (κ2) is 6.23. The number of aliphatic carboxylic acids is 1. The van der Waals surface area contributed by atoms with Crippen LogP contribution in [0.5, 0.6) is 0 Å². The smallest absolute Gasteiger partial charge is 0.307 e. The van der Waals surface area contributed by atoms with E-state index in [1.807, 2.05) is 13.0 Å². The SMILES string of the molecule is C=CC(=C)CCC=C(C)CC(=O)O. The summed E-state index contributed by atoms with van der Waals surface area (Å²) in [6.45, 7) is 9.18. The maximum Gasteiger partial charge on any atom is 0.307 e. The maximum atomic E-state index is 10.3. The van der Waals surface area contributed by atoms with Crippen LogP contribution in [0.3, 0.4) is 0 Å². The Kier molecular flexibility index (Phi) is 5.60. The lowest BCUT2D eigenvalue weighted by Gasteiger charge is -1.97. The van der Waals surface area contributed by atoms with E-state index in [4.69, 9.17) is 5.11 Å². The molecule has 0 aromatic carbocycles. The second-order valence-electron chi connectivity index (χ2n) is 3.02. The van der Waals surface area contributed by atoms with Gasteiger partial charge in [0.05, 0.1) is 6.42 Å². The third kappa shape index (κ3) is 7.06. The topological polar surface area (TPSA) is 37.3 Å². The molecule has 0 amide bonds. The molecule has 0 aromatic heterocycles. The van der Waals surface area contributed by atoms with Crippen LogP contribution in [0.1, 0.15) is 26.2 Å². The summed E-state index contributed by atoms with van der Waals surface area (Å²) in [4.78, 5) is 10.3. The molecule has 0 unspecified atom stereocenters. The molecular weight excluding hydrogens is 164 g/mol. The van der Waals surface area contributed by atoms with Gasteiger partial charge in [0, 0.05) is 0 Å². The van der Waals surface area contributed by atoms with Crippen molar-refractivity contribution in [3.05, 3.63) is 36.5 Å². The van der Waals surface area contributed by atoms with Gasteiger partial charge in [-0.25, -0.2) is 0 Å². The lowest BCUT2D eigenvalue weighted by molar-refractivity contribution is -0.136. The minimum atomic E-state index is -0.781. The molecule has 0 fully saturated rings. The Hall–Kier alpha value is -1.31. The molecule has 0 heterocycles. The van der Waals surface area contributed by atoms with Crippen LogP contribution in [0, 0.1) is 0 Å². The van der Waals surface area contributed by atoms with Gasteiger partial charge < -0.3 is 5.11 Å². The van der Waals surface area contributed by atoms with E-state index in [2.05, 4.69) is 13.2 Å². The van der Waals surface area contributed by atoms with Crippen molar-refractivity contribution in [2.75, 3.05) is 0 Å². The lowest BCUT2D eigenvalue weighted by Crippen LogP contribution is -1.94. The molecule has 0 radical (unpaired) electrons. The Bertz CT molecular complexity index is 236. The zero-order valence-corrected chi connectivity index (χ0v) is 8.05. The molecule has 0 rings (SSSR count). The fourth-order valence-corrected chi connectivity index (χ4v) is 0.917. The second-order valence-corrected chi connectivity index (χ2v) is 3.02. The van der Waals surface area contributed by atoms with E-state index in [0.29, 0.717) is 0 Å². The highest BCUT2D eigenvalue weighted by Gasteiger charge is 1.97. The standard InChI is InChI=1S/C11H16O2/c1-4-9(2)6-5-7-10(3)8-11(12)13/h4,7H,1-2,5-6,8H2,3H3,(H,12,13). The fraction of sp³-hybridized carbons (Fsp3) is 0.364. The van der Waals surface area contributed by atoms with Gasteiger partial charge >= 0.3 is 5.97 Å². The molecular formula is C11H16O2. The Morgan fingerprint density at radius 2 is 2.15 bits per heavy atom. The average molecular weight is 180 g/mol. The highest BCUT2D eigenvalue weighted by Crippen LogP contribution is 2.07. The first-order valence-electron chi connectivity index (χ1n) is 4.24. The molecule has 2 nitrogen and oxygen atoms in total. The van der Waals surface area contributed by atoms with Crippen molar-refractivity contribution in [3.8, 4) is 0 Å². The van der Waals surface area contributed by atoms with Gasteiger partial charge in [0.1, 0.15) is 0 Å². The summed E-state index contributed by atoms with van der Waals surface area (Å²) in [5.41, 5.74) is 1.88. The zero-order chi connectivity index (χ0) is 10.3. The van der Waals surface area contributed by atoms with Gasteiger partial charge in [-0.3, -0.25) is 4.79 Å². The summed E-state index contributed by atoms with van der Waals surface area (Å²) in [6, 6.07) is 0. The first-order chi connectivity index (χ1) is 6.06. The van der Waals surface area contributed by atoms with E-state index in [1.54, 1.807) is 6.08 Å². The van der Waals surface area contributed by atoms with Gasteiger partial charge in [-0.2, -0.15) is 0 Å². The van der Waals surface area contributed by atoms with E-state index in [1.165, 1.54) is 0 Å². The Morgan fingerprint density at radius 1 is 1.54 bits per heavy atom. The number of carboxylic acids is 1. The van der Waals surface area contributed by atoms with Gasteiger partial charge in [0.25, 0.3) is 0 Å². The van der Waals surface area contributed by atoms with Gasteiger partial charge in [-0.15, -0.1) is 0 Å². The van der Waals surface area contributed by atoms with Crippen molar-refractivity contribution in [2.24, 2.45) is 0 Å². The van der Waals surface area contributed by atoms with Crippen LogP contribution >= 0.6 is 0 Å². The fourth-order valence-electron chi connectivity index (χ4n) is 0.917. The van der Waals surface area contributed by atoms with Crippen LogP contribution in [0.25, 0.3) is 0 Å². The molecule has 72 valence electrons. The Balaban J connectivity index is 3.77. The first kappa shape index (κ1) is 11.7. The molecule has 1 N–H and O–H groups in total. The average Bonchev–Trinajstić information content (AvgIpc) is 2.02. The van der Waals surface area contributed by atoms with E-state index in [-0.39, 0.29) is 6.42 Å². The molecule has 0 bridgehead atoms. The summed E-state index contributed by atoms with van der Waals surface area (Å²) >= 11 is 0. The van der Waals surface area contributed by atoms with Crippen molar-refractivity contribution in [1.82, 2.24) is 0 Å². The molecule has 0 saturated heterocycles. The summed E-state index contributed by atoms with van der Waals surface area (Å²) in [5.74, 6) is -0.781. The summed E-state index contributed by atoms with van der Waals surface area (Å²) in [7, 11) is 0. The van der Waals surface area contributed by atoms with Crippen molar-refractivity contribution < 1.29 is 9.90 Å².